The number of carbonyl (C=O) groups is 3. The number of ether oxygens (including phenoxy) is 2. The molecule has 3 N–H and O–H groups in total. The fraction of sp³-hybridized carbons (Fsp3) is 0.559. The summed E-state index contributed by atoms with van der Waals surface area (Å²) in [7, 11) is 1.60. The summed E-state index contributed by atoms with van der Waals surface area (Å²) in [5.74, 6) is 0.901. The van der Waals surface area contributed by atoms with Crippen molar-refractivity contribution in [3.63, 3.8) is 0 Å². The molecule has 2 aromatic rings. The molecule has 3 aliphatic rings. The standard InChI is InChI=1S/C34H46N4O6/c1-3-43-22-21-38-32(41)29(30(39)25-7-5-4-6-8-25)36-33(42)34(38)17-19-37(20-18-34)23-24-9-13-27(14-10-24)44-28-15-11-26(12-16-28)31(40)35-2/h9-16,25,29-30,39H,3-8,17-23H2,1-2H3,(H,35,40)(H,36,42)/t29-,30-/m1/s1. The second-order valence-electron chi connectivity index (χ2n) is 12.2. The van der Waals surface area contributed by atoms with Gasteiger partial charge in [0.2, 0.25) is 11.8 Å². The molecule has 1 spiro atoms. The van der Waals surface area contributed by atoms with Gasteiger partial charge in [0.25, 0.3) is 5.91 Å². The van der Waals surface area contributed by atoms with Crippen molar-refractivity contribution < 1.29 is 29.0 Å². The number of piperazine rings is 1. The Morgan fingerprint density at radius 3 is 2.27 bits per heavy atom. The van der Waals surface area contributed by atoms with Gasteiger partial charge in [-0.05, 0) is 80.5 Å². The van der Waals surface area contributed by atoms with Gasteiger partial charge in [-0.3, -0.25) is 19.3 Å². The van der Waals surface area contributed by atoms with Crippen LogP contribution in [-0.4, -0.2) is 90.2 Å². The number of likely N-dealkylation sites (tertiary alicyclic amines) is 1. The minimum Gasteiger partial charge on any atom is -0.457 e. The van der Waals surface area contributed by atoms with Crippen molar-refractivity contribution in [1.82, 2.24) is 20.4 Å². The molecule has 0 bridgehead atoms. The van der Waals surface area contributed by atoms with Crippen LogP contribution in [0.25, 0.3) is 0 Å². The number of amides is 3. The van der Waals surface area contributed by atoms with E-state index < -0.39 is 17.7 Å². The first kappa shape index (κ1) is 31.9. The monoisotopic (exact) mass is 606 g/mol. The van der Waals surface area contributed by atoms with Crippen LogP contribution in [0.3, 0.4) is 0 Å². The summed E-state index contributed by atoms with van der Waals surface area (Å²) in [5, 5.41) is 16.8. The number of hydrogen-bond acceptors (Lipinski definition) is 7. The molecule has 3 amide bonds. The van der Waals surface area contributed by atoms with E-state index >= 15 is 0 Å². The van der Waals surface area contributed by atoms with Crippen LogP contribution in [0.2, 0.25) is 0 Å². The van der Waals surface area contributed by atoms with Crippen molar-refractivity contribution in [3.05, 3.63) is 59.7 Å². The second kappa shape index (κ2) is 14.5. The molecule has 1 saturated carbocycles. The van der Waals surface area contributed by atoms with Crippen LogP contribution in [0.5, 0.6) is 11.5 Å². The summed E-state index contributed by atoms with van der Waals surface area (Å²) < 4.78 is 11.6. The van der Waals surface area contributed by atoms with E-state index in [-0.39, 0.29) is 23.6 Å². The van der Waals surface area contributed by atoms with Crippen LogP contribution < -0.4 is 15.4 Å². The molecule has 0 aromatic heterocycles. The molecule has 5 rings (SSSR count). The minimum atomic E-state index is -0.932. The highest BCUT2D eigenvalue weighted by atomic mass is 16.5. The fourth-order valence-corrected chi connectivity index (χ4v) is 6.90. The first-order valence-electron chi connectivity index (χ1n) is 16.0. The quantitative estimate of drug-likeness (QED) is 0.335. The molecule has 2 heterocycles. The van der Waals surface area contributed by atoms with E-state index in [0.29, 0.717) is 69.3 Å². The molecular formula is C34H46N4O6. The predicted octanol–water partition coefficient (Wildman–Crippen LogP) is 3.48. The van der Waals surface area contributed by atoms with Crippen LogP contribution in [0.4, 0.5) is 0 Å². The van der Waals surface area contributed by atoms with E-state index in [1.807, 2.05) is 31.2 Å². The maximum Gasteiger partial charge on any atom is 0.251 e. The third-order valence-electron chi connectivity index (χ3n) is 9.49. The van der Waals surface area contributed by atoms with Crippen molar-refractivity contribution in [2.24, 2.45) is 5.92 Å². The second-order valence-corrected chi connectivity index (χ2v) is 12.2. The van der Waals surface area contributed by atoms with Gasteiger partial charge in [-0.1, -0.05) is 31.4 Å². The average molecular weight is 607 g/mol. The third-order valence-corrected chi connectivity index (χ3v) is 9.49. The van der Waals surface area contributed by atoms with Crippen LogP contribution in [0, 0.1) is 5.92 Å². The van der Waals surface area contributed by atoms with Gasteiger partial charge < -0.3 is 30.1 Å². The van der Waals surface area contributed by atoms with Crippen molar-refractivity contribution in [3.8, 4) is 11.5 Å². The third kappa shape index (κ3) is 7.08. The molecule has 10 heteroatoms. The molecule has 44 heavy (non-hydrogen) atoms. The summed E-state index contributed by atoms with van der Waals surface area (Å²) in [6.45, 7) is 5.20. The first-order chi connectivity index (χ1) is 21.3. The molecule has 10 nitrogen and oxygen atoms in total. The van der Waals surface area contributed by atoms with E-state index in [9.17, 15) is 19.5 Å². The lowest BCUT2D eigenvalue weighted by Gasteiger charge is -2.52. The summed E-state index contributed by atoms with van der Waals surface area (Å²) in [5.41, 5.74) is 0.762. The van der Waals surface area contributed by atoms with Crippen molar-refractivity contribution in [2.75, 3.05) is 39.9 Å². The smallest absolute Gasteiger partial charge is 0.251 e. The molecule has 238 valence electrons. The Morgan fingerprint density at radius 1 is 1.02 bits per heavy atom. The Morgan fingerprint density at radius 2 is 1.66 bits per heavy atom. The van der Waals surface area contributed by atoms with Gasteiger partial charge in [0.1, 0.15) is 23.1 Å². The van der Waals surface area contributed by atoms with Crippen molar-refractivity contribution in [2.45, 2.75) is 76.1 Å². The van der Waals surface area contributed by atoms with Gasteiger partial charge in [0.15, 0.2) is 0 Å². The SMILES string of the molecule is CCOCCN1C(=O)[C@@H]([C@H](O)C2CCCCC2)NC(=O)C12CCN(Cc1ccc(Oc3ccc(C(=O)NC)cc3)cc1)CC2. The number of nitrogens with one attached hydrogen (secondary N) is 2. The van der Waals surface area contributed by atoms with Crippen molar-refractivity contribution >= 4 is 17.7 Å². The summed E-state index contributed by atoms with van der Waals surface area (Å²) in [6, 6.07) is 14.0. The topological polar surface area (TPSA) is 120 Å². The molecule has 0 radical (unpaired) electrons. The van der Waals surface area contributed by atoms with Gasteiger partial charge in [-0.15, -0.1) is 0 Å². The number of aliphatic hydroxyl groups is 1. The molecule has 1 aliphatic carbocycles. The molecule has 2 aromatic carbocycles. The minimum absolute atomic E-state index is 0.0361. The van der Waals surface area contributed by atoms with E-state index in [1.165, 1.54) is 0 Å². The number of carbonyl (C=O) groups excluding carboxylic acids is 3. The predicted molar refractivity (Wildman–Crippen MR) is 166 cm³/mol. The maximum absolute atomic E-state index is 13.9. The number of benzene rings is 2. The number of piperidine rings is 1. The number of hydrogen-bond donors (Lipinski definition) is 3. The number of rotatable bonds is 11. The Hall–Kier alpha value is -3.47. The zero-order chi connectivity index (χ0) is 31.1. The summed E-state index contributed by atoms with van der Waals surface area (Å²) in [6.07, 6.45) is 5.21. The summed E-state index contributed by atoms with van der Waals surface area (Å²) in [4.78, 5) is 43.4. The Balaban J connectivity index is 1.20. The van der Waals surface area contributed by atoms with E-state index in [2.05, 4.69) is 15.5 Å². The van der Waals surface area contributed by atoms with Crippen LogP contribution in [-0.2, 0) is 20.9 Å². The Kier molecular flexibility index (Phi) is 10.6. The highest BCUT2D eigenvalue weighted by Gasteiger charge is 2.55. The largest absolute Gasteiger partial charge is 0.457 e. The average Bonchev–Trinajstić information content (AvgIpc) is 3.06. The fourth-order valence-electron chi connectivity index (χ4n) is 6.90. The lowest BCUT2D eigenvalue weighted by atomic mass is 9.78. The molecule has 2 aliphatic heterocycles. The van der Waals surface area contributed by atoms with E-state index in [1.54, 1.807) is 36.2 Å². The van der Waals surface area contributed by atoms with Gasteiger partial charge in [0, 0.05) is 45.4 Å². The van der Waals surface area contributed by atoms with Crippen LogP contribution in [0.1, 0.15) is 67.8 Å². The van der Waals surface area contributed by atoms with Gasteiger partial charge in [0.05, 0.1) is 12.7 Å². The Bertz CT molecular complexity index is 1270. The van der Waals surface area contributed by atoms with Gasteiger partial charge >= 0.3 is 0 Å². The van der Waals surface area contributed by atoms with Crippen LogP contribution >= 0.6 is 0 Å². The number of nitrogens with zero attached hydrogens (tertiary/aromatic N) is 2. The zero-order valence-electron chi connectivity index (χ0n) is 25.9. The van der Waals surface area contributed by atoms with E-state index in [0.717, 1.165) is 37.7 Å². The molecule has 0 unspecified atom stereocenters. The Labute approximate surface area is 260 Å². The number of aliphatic hydroxyl groups excluding tert-OH is 1. The van der Waals surface area contributed by atoms with Crippen molar-refractivity contribution in [1.29, 1.82) is 0 Å². The zero-order valence-corrected chi connectivity index (χ0v) is 25.9. The van der Waals surface area contributed by atoms with E-state index in [4.69, 9.17) is 9.47 Å². The van der Waals surface area contributed by atoms with Gasteiger partial charge in [-0.2, -0.15) is 0 Å². The molecule has 2 saturated heterocycles. The lowest BCUT2D eigenvalue weighted by molar-refractivity contribution is -0.167. The molecule has 2 atom stereocenters. The molecular weight excluding hydrogens is 560 g/mol. The van der Waals surface area contributed by atoms with Gasteiger partial charge in [-0.25, -0.2) is 0 Å². The highest BCUT2D eigenvalue weighted by Crippen LogP contribution is 2.36. The highest BCUT2D eigenvalue weighted by molar-refractivity contribution is 6.00. The lowest BCUT2D eigenvalue weighted by Crippen LogP contribution is -2.75. The summed E-state index contributed by atoms with van der Waals surface area (Å²) >= 11 is 0. The van der Waals surface area contributed by atoms with Crippen LogP contribution in [0.15, 0.2) is 48.5 Å². The maximum atomic E-state index is 13.9. The normalized spacial score (nSPS) is 21.6. The molecule has 3 fully saturated rings. The first-order valence-corrected chi connectivity index (χ1v) is 16.0.